The second kappa shape index (κ2) is 6.71. The topological polar surface area (TPSA) is 55.4 Å². The largest absolute Gasteiger partial charge is 0.467 e. The number of esters is 1. The van der Waals surface area contributed by atoms with Crippen LogP contribution in [0.25, 0.3) is 21.5 Å². The molecular weight excluding hydrogens is 302 g/mol. The van der Waals surface area contributed by atoms with E-state index in [9.17, 15) is 9.59 Å². The Labute approximate surface area is 141 Å². The van der Waals surface area contributed by atoms with Gasteiger partial charge in [0.25, 0.3) is 0 Å². The van der Waals surface area contributed by atoms with E-state index < -0.39 is 12.0 Å². The molecule has 0 aliphatic heterocycles. The molecule has 24 heavy (non-hydrogen) atoms. The van der Waals surface area contributed by atoms with Crippen LogP contribution < -0.4 is 5.32 Å². The number of rotatable bonds is 4. The van der Waals surface area contributed by atoms with Crippen LogP contribution in [0.1, 0.15) is 13.9 Å². The van der Waals surface area contributed by atoms with Gasteiger partial charge >= 0.3 is 5.97 Å². The molecular formula is C20H19NO3. The van der Waals surface area contributed by atoms with Gasteiger partial charge in [0, 0.05) is 13.3 Å². The minimum absolute atomic E-state index is 0.216. The molecule has 122 valence electrons. The number of fused-ring (bicyclic) bond motifs is 2. The van der Waals surface area contributed by atoms with E-state index in [2.05, 4.69) is 11.4 Å². The van der Waals surface area contributed by atoms with Crippen LogP contribution in [0, 0.1) is 0 Å². The summed E-state index contributed by atoms with van der Waals surface area (Å²) in [6.45, 7) is 1.35. The quantitative estimate of drug-likeness (QED) is 0.593. The van der Waals surface area contributed by atoms with Gasteiger partial charge in [-0.2, -0.15) is 0 Å². The maximum atomic E-state index is 11.9. The molecule has 0 heterocycles. The lowest BCUT2D eigenvalue weighted by Gasteiger charge is -2.16. The molecule has 3 aromatic carbocycles. The lowest BCUT2D eigenvalue weighted by molar-refractivity contribution is -0.144. The number of nitrogens with one attached hydrogen (secondary N) is 1. The Hall–Kier alpha value is -2.88. The SMILES string of the molecule is [2H]c1c(C[C@H](NC(C)=O)C(=O)OC)ccc2cc3ccccc3cc12. The van der Waals surface area contributed by atoms with Gasteiger partial charge in [-0.15, -0.1) is 0 Å². The van der Waals surface area contributed by atoms with Crippen molar-refractivity contribution in [2.24, 2.45) is 0 Å². The molecule has 0 radical (unpaired) electrons. The van der Waals surface area contributed by atoms with Crippen LogP contribution >= 0.6 is 0 Å². The predicted molar refractivity (Wildman–Crippen MR) is 94.8 cm³/mol. The molecule has 1 N–H and O–H groups in total. The zero-order valence-corrected chi connectivity index (χ0v) is 13.6. The Bertz CT molecular complexity index is 968. The van der Waals surface area contributed by atoms with Gasteiger partial charge < -0.3 is 10.1 Å². The molecule has 1 atom stereocenters. The first-order valence-corrected chi connectivity index (χ1v) is 7.75. The average molecular weight is 322 g/mol. The van der Waals surface area contributed by atoms with Crippen molar-refractivity contribution in [3.8, 4) is 0 Å². The van der Waals surface area contributed by atoms with Crippen molar-refractivity contribution in [2.75, 3.05) is 7.11 Å². The Morgan fingerprint density at radius 2 is 1.71 bits per heavy atom. The molecule has 0 spiro atoms. The molecule has 3 aromatic rings. The third-order valence-electron chi connectivity index (χ3n) is 3.96. The highest BCUT2D eigenvalue weighted by atomic mass is 16.5. The standard InChI is InChI=1S/C20H19NO3/c1-13(22)21-19(20(23)24-2)10-14-7-8-17-11-15-5-3-4-6-16(15)12-18(17)9-14/h3-9,11-12,19H,10H2,1-2H3,(H,21,22)/t19-/m0/s1/i9D. The van der Waals surface area contributed by atoms with E-state index in [-0.39, 0.29) is 12.3 Å². The average Bonchev–Trinajstić information content (AvgIpc) is 2.61. The summed E-state index contributed by atoms with van der Waals surface area (Å²) in [4.78, 5) is 23.2. The Morgan fingerprint density at radius 3 is 2.33 bits per heavy atom. The minimum atomic E-state index is -0.801. The van der Waals surface area contributed by atoms with Crippen LogP contribution in [0.2, 0.25) is 0 Å². The first-order valence-electron chi connectivity index (χ1n) is 8.25. The maximum absolute atomic E-state index is 11.9. The van der Waals surface area contributed by atoms with E-state index >= 15 is 0 Å². The number of carbonyl (C=O) groups excluding carboxylic acids is 2. The summed E-state index contributed by atoms with van der Waals surface area (Å²) in [5.41, 5.74) is 0.687. The van der Waals surface area contributed by atoms with Crippen molar-refractivity contribution >= 4 is 33.4 Å². The Kier molecular flexibility index (Phi) is 4.11. The van der Waals surface area contributed by atoms with Crippen LogP contribution in [0.15, 0.2) is 54.6 Å². The van der Waals surface area contributed by atoms with Crippen LogP contribution in [0.5, 0.6) is 0 Å². The summed E-state index contributed by atoms with van der Waals surface area (Å²) in [5.74, 6) is -0.832. The van der Waals surface area contributed by atoms with E-state index in [0.29, 0.717) is 11.6 Å². The summed E-state index contributed by atoms with van der Waals surface area (Å²) in [6, 6.07) is 15.4. The number of hydrogen-bond acceptors (Lipinski definition) is 3. The summed E-state index contributed by atoms with van der Waals surface area (Å²) >= 11 is 0. The second-order valence-electron chi connectivity index (χ2n) is 5.75. The zero-order valence-electron chi connectivity index (χ0n) is 14.6. The van der Waals surface area contributed by atoms with Crippen molar-refractivity contribution in [3.63, 3.8) is 0 Å². The first-order chi connectivity index (χ1) is 12.0. The third-order valence-corrected chi connectivity index (χ3v) is 3.96. The first kappa shape index (κ1) is 14.7. The minimum Gasteiger partial charge on any atom is -0.467 e. The number of carbonyl (C=O) groups is 2. The van der Waals surface area contributed by atoms with E-state index in [1.54, 1.807) is 0 Å². The lowest BCUT2D eigenvalue weighted by Crippen LogP contribution is -2.41. The van der Waals surface area contributed by atoms with Crippen molar-refractivity contribution in [2.45, 2.75) is 19.4 Å². The Morgan fingerprint density at radius 1 is 1.08 bits per heavy atom. The van der Waals surface area contributed by atoms with Gasteiger partial charge in [-0.3, -0.25) is 4.79 Å². The fraction of sp³-hybridized carbons (Fsp3) is 0.200. The monoisotopic (exact) mass is 322 g/mol. The van der Waals surface area contributed by atoms with Crippen LogP contribution in [0.4, 0.5) is 0 Å². The molecule has 0 bridgehead atoms. The van der Waals surface area contributed by atoms with E-state index in [1.807, 2.05) is 42.5 Å². The van der Waals surface area contributed by atoms with Crippen molar-refractivity contribution in [1.29, 1.82) is 0 Å². The maximum Gasteiger partial charge on any atom is 0.328 e. The van der Waals surface area contributed by atoms with Gasteiger partial charge in [0.15, 0.2) is 0 Å². The molecule has 0 unspecified atom stereocenters. The fourth-order valence-corrected chi connectivity index (χ4v) is 2.83. The van der Waals surface area contributed by atoms with Gasteiger partial charge in [0.2, 0.25) is 5.91 Å². The fourth-order valence-electron chi connectivity index (χ4n) is 2.83. The number of amides is 1. The van der Waals surface area contributed by atoms with Gasteiger partial charge in [0.05, 0.1) is 8.48 Å². The highest BCUT2D eigenvalue weighted by molar-refractivity contribution is 5.98. The molecule has 3 rings (SSSR count). The van der Waals surface area contributed by atoms with Crippen LogP contribution in [-0.2, 0) is 20.7 Å². The Balaban J connectivity index is 2.04. The number of ether oxygens (including phenoxy) is 1. The molecule has 4 nitrogen and oxygen atoms in total. The van der Waals surface area contributed by atoms with Crippen LogP contribution in [-0.4, -0.2) is 25.0 Å². The normalized spacial score (nSPS) is 12.7. The molecule has 0 saturated heterocycles. The van der Waals surface area contributed by atoms with E-state index in [0.717, 1.165) is 21.5 Å². The zero-order chi connectivity index (χ0) is 18.0. The molecule has 0 fully saturated rings. The summed E-state index contributed by atoms with van der Waals surface area (Å²) in [7, 11) is 1.28. The smallest absolute Gasteiger partial charge is 0.328 e. The summed E-state index contributed by atoms with van der Waals surface area (Å²) in [5, 5.41) is 6.56. The van der Waals surface area contributed by atoms with Crippen molar-refractivity contribution in [3.05, 3.63) is 60.1 Å². The predicted octanol–water partition coefficient (Wildman–Crippen LogP) is 3.21. The molecule has 0 aromatic heterocycles. The number of hydrogen-bond donors (Lipinski definition) is 1. The molecule has 0 saturated carbocycles. The highest BCUT2D eigenvalue weighted by Crippen LogP contribution is 2.24. The highest BCUT2D eigenvalue weighted by Gasteiger charge is 2.20. The van der Waals surface area contributed by atoms with Crippen molar-refractivity contribution < 1.29 is 15.7 Å². The molecule has 1 amide bonds. The van der Waals surface area contributed by atoms with Gasteiger partial charge in [-0.25, -0.2) is 4.79 Å². The van der Waals surface area contributed by atoms with Crippen LogP contribution in [0.3, 0.4) is 0 Å². The lowest BCUT2D eigenvalue weighted by atomic mass is 9.99. The van der Waals surface area contributed by atoms with Gasteiger partial charge in [-0.1, -0.05) is 42.4 Å². The summed E-state index contributed by atoms with van der Waals surface area (Å²) in [6.07, 6.45) is 0.216. The van der Waals surface area contributed by atoms with Gasteiger partial charge in [-0.05, 0) is 39.2 Å². The molecule has 4 heteroatoms. The number of methoxy groups -OCH3 is 1. The molecule has 0 aliphatic rings. The molecule has 0 aliphatic carbocycles. The summed E-state index contributed by atoms with van der Waals surface area (Å²) < 4.78 is 13.3. The number of benzene rings is 3. The van der Waals surface area contributed by atoms with Gasteiger partial charge in [0.1, 0.15) is 6.04 Å². The third kappa shape index (κ3) is 3.38. The second-order valence-corrected chi connectivity index (χ2v) is 5.75. The van der Waals surface area contributed by atoms with E-state index in [1.165, 1.54) is 14.0 Å². The van der Waals surface area contributed by atoms with E-state index in [4.69, 9.17) is 6.11 Å². The van der Waals surface area contributed by atoms with Crippen molar-refractivity contribution in [1.82, 2.24) is 5.32 Å².